The zero-order valence-corrected chi connectivity index (χ0v) is 25.9. The molecule has 230 valence electrons. The second-order valence-electron chi connectivity index (χ2n) is 10.8. The van der Waals surface area contributed by atoms with E-state index in [4.69, 9.17) is 0 Å². The number of aliphatic hydroxyl groups excluding tert-OH is 2. The summed E-state index contributed by atoms with van der Waals surface area (Å²) >= 11 is 3.16. The topological polar surface area (TPSA) is 125 Å². The average molecular weight is 673 g/mol. The standard InChI is InChI=1S/C30H20F4N4O4S3/c1-8-6-11(25(31)32)35-29-14(8)19-23(44-29)21(39)17(27(41)37-19)16(13-5-4-10(3)43-13)18-22(40)24-20(38-28(18)42)15-9(2)7-12(26(33)34)36-30(15)45-24/h4-7,16,23-26,39-40H,1-3H3. The molecule has 0 radical (unpaired) electrons. The lowest BCUT2D eigenvalue weighted by Gasteiger charge is -2.28. The number of dihydropyridines is 2. The molecule has 4 aliphatic heterocycles. The van der Waals surface area contributed by atoms with Crippen molar-refractivity contribution in [3.05, 3.63) is 90.3 Å². The van der Waals surface area contributed by atoms with Crippen LogP contribution in [0.25, 0.3) is 0 Å². The Kier molecular flexibility index (Phi) is 7.05. The van der Waals surface area contributed by atoms with Crippen molar-refractivity contribution in [2.75, 3.05) is 0 Å². The molecule has 0 aromatic carbocycles. The number of thioether (sulfide) groups is 2. The molecule has 0 fully saturated rings. The third kappa shape index (κ3) is 4.57. The number of fused-ring (bicyclic) bond motifs is 6. The molecule has 0 spiro atoms. The van der Waals surface area contributed by atoms with Gasteiger partial charge in [0.05, 0.1) is 28.5 Å². The number of thiophene rings is 1. The zero-order valence-electron chi connectivity index (χ0n) is 23.4. The summed E-state index contributed by atoms with van der Waals surface area (Å²) < 4.78 is 54.0. The van der Waals surface area contributed by atoms with Gasteiger partial charge in [-0.2, -0.15) is 0 Å². The molecule has 15 heteroatoms. The first-order valence-corrected chi connectivity index (χ1v) is 16.0. The van der Waals surface area contributed by atoms with Crippen molar-refractivity contribution >= 4 is 58.1 Å². The van der Waals surface area contributed by atoms with E-state index in [1.165, 1.54) is 23.5 Å². The van der Waals surface area contributed by atoms with E-state index in [9.17, 15) is 37.4 Å². The van der Waals surface area contributed by atoms with Crippen LogP contribution in [0.1, 0.15) is 62.2 Å². The fraction of sp³-hybridized carbons (Fsp3) is 0.267. The summed E-state index contributed by atoms with van der Waals surface area (Å²) in [6.07, 6.45) is -5.66. The molecule has 0 aliphatic carbocycles. The molecule has 45 heavy (non-hydrogen) atoms. The van der Waals surface area contributed by atoms with Crippen LogP contribution in [0.4, 0.5) is 17.6 Å². The predicted octanol–water partition coefficient (Wildman–Crippen LogP) is 7.05. The van der Waals surface area contributed by atoms with Gasteiger partial charge in [-0.05, 0) is 56.2 Å². The average Bonchev–Trinajstić information content (AvgIpc) is 3.67. The summed E-state index contributed by atoms with van der Waals surface area (Å²) in [7, 11) is 0. The van der Waals surface area contributed by atoms with Gasteiger partial charge < -0.3 is 10.2 Å². The van der Waals surface area contributed by atoms with Crippen molar-refractivity contribution in [1.82, 2.24) is 9.97 Å². The second kappa shape index (κ2) is 10.6. The van der Waals surface area contributed by atoms with Crippen LogP contribution in [0, 0.1) is 20.8 Å². The van der Waals surface area contributed by atoms with E-state index in [2.05, 4.69) is 20.0 Å². The van der Waals surface area contributed by atoms with Crippen LogP contribution in [0.3, 0.4) is 0 Å². The van der Waals surface area contributed by atoms with Gasteiger partial charge in [0, 0.05) is 20.9 Å². The minimum absolute atomic E-state index is 0.167. The molecular formula is C30H20F4N4O4S3. The molecule has 8 nitrogen and oxygen atoms in total. The Morgan fingerprint density at radius 3 is 1.56 bits per heavy atom. The summed E-state index contributed by atoms with van der Waals surface area (Å²) in [6.45, 7) is 4.99. The number of hydrogen-bond acceptors (Lipinski definition) is 9. The molecule has 2 amide bonds. The highest BCUT2D eigenvalue weighted by molar-refractivity contribution is 8.01. The number of nitrogens with zero attached hydrogens (tertiary/aromatic N) is 4. The third-order valence-electron chi connectivity index (χ3n) is 7.90. The van der Waals surface area contributed by atoms with Crippen LogP contribution < -0.4 is 0 Å². The molecule has 4 aliphatic rings. The lowest BCUT2D eigenvalue weighted by Crippen LogP contribution is -2.33. The number of aliphatic hydroxyl groups is 2. The van der Waals surface area contributed by atoms with E-state index < -0.39 is 64.0 Å². The lowest BCUT2D eigenvalue weighted by molar-refractivity contribution is -0.115. The quantitative estimate of drug-likeness (QED) is 0.276. The van der Waals surface area contributed by atoms with E-state index in [0.717, 1.165) is 28.4 Å². The number of carbonyl (C=O) groups is 2. The number of carbonyl (C=O) groups excluding carboxylic acids is 2. The SMILES string of the molecule is Cc1ccc(C(C2=C(O)C3Sc4nc(C(F)F)cc(C)c4C3=NC2=O)C2=C(O)C3Sc4nc(C(F)F)cc(C)c4C3=NC2=O)s1. The number of halogens is 4. The molecule has 2 N–H and O–H groups in total. The zero-order chi connectivity index (χ0) is 32.1. The molecule has 7 heterocycles. The number of aromatic nitrogens is 2. The fourth-order valence-corrected chi connectivity index (χ4v) is 9.54. The number of aliphatic imine (C=N–C) groups is 2. The Hall–Kier alpha value is -3.82. The van der Waals surface area contributed by atoms with Crippen molar-refractivity contribution in [3.63, 3.8) is 0 Å². The van der Waals surface area contributed by atoms with Crippen LogP contribution >= 0.6 is 34.9 Å². The molecule has 0 bridgehead atoms. The summed E-state index contributed by atoms with van der Waals surface area (Å²) in [5.74, 6) is -3.91. The Bertz CT molecular complexity index is 1880. The molecule has 0 saturated carbocycles. The summed E-state index contributed by atoms with van der Waals surface area (Å²) in [6, 6.07) is 5.85. The number of rotatable bonds is 5. The van der Waals surface area contributed by atoms with Crippen molar-refractivity contribution in [2.45, 2.75) is 60.1 Å². The van der Waals surface area contributed by atoms with E-state index in [1.54, 1.807) is 26.0 Å². The highest BCUT2D eigenvalue weighted by Gasteiger charge is 2.49. The van der Waals surface area contributed by atoms with Gasteiger partial charge >= 0.3 is 0 Å². The third-order valence-corrected chi connectivity index (χ3v) is 11.4. The van der Waals surface area contributed by atoms with Gasteiger partial charge in [0.2, 0.25) is 0 Å². The highest BCUT2D eigenvalue weighted by atomic mass is 32.2. The molecule has 3 aromatic rings. The molecule has 0 saturated heterocycles. The summed E-state index contributed by atoms with van der Waals surface area (Å²) in [5.41, 5.74) is 0.511. The smallest absolute Gasteiger partial charge is 0.280 e. The van der Waals surface area contributed by atoms with Gasteiger partial charge in [-0.3, -0.25) is 9.59 Å². The lowest BCUT2D eigenvalue weighted by atomic mass is 9.82. The minimum atomic E-state index is -2.83. The summed E-state index contributed by atoms with van der Waals surface area (Å²) in [4.78, 5) is 45.4. The van der Waals surface area contributed by atoms with Gasteiger partial charge in [0.1, 0.15) is 43.5 Å². The number of aryl methyl sites for hydroxylation is 3. The molecule has 2 unspecified atom stereocenters. The maximum absolute atomic E-state index is 13.8. The normalized spacial score (nSPS) is 21.3. The first-order valence-electron chi connectivity index (χ1n) is 13.5. The van der Waals surface area contributed by atoms with Crippen molar-refractivity contribution in [1.29, 1.82) is 0 Å². The second-order valence-corrected chi connectivity index (χ2v) is 14.3. The van der Waals surface area contributed by atoms with Crippen molar-refractivity contribution in [2.24, 2.45) is 9.98 Å². The maximum Gasteiger partial charge on any atom is 0.280 e. The molecular weight excluding hydrogens is 653 g/mol. The minimum Gasteiger partial charge on any atom is -0.510 e. The van der Waals surface area contributed by atoms with Gasteiger partial charge in [-0.1, -0.05) is 23.5 Å². The van der Waals surface area contributed by atoms with Gasteiger partial charge in [-0.25, -0.2) is 37.5 Å². The molecule has 3 aromatic heterocycles. The van der Waals surface area contributed by atoms with E-state index >= 15 is 0 Å². The summed E-state index contributed by atoms with van der Waals surface area (Å²) in [5, 5.41) is 21.8. The van der Waals surface area contributed by atoms with Crippen molar-refractivity contribution < 1.29 is 37.4 Å². The van der Waals surface area contributed by atoms with Gasteiger partial charge in [-0.15, -0.1) is 11.3 Å². The van der Waals surface area contributed by atoms with Gasteiger partial charge in [0.15, 0.2) is 0 Å². The number of hydrogen-bond donors (Lipinski definition) is 2. The number of pyridine rings is 2. The number of alkyl halides is 4. The van der Waals surface area contributed by atoms with Crippen LogP contribution in [0.5, 0.6) is 0 Å². The maximum atomic E-state index is 13.8. The Balaban J connectivity index is 1.36. The number of amides is 2. The molecule has 2 atom stereocenters. The predicted molar refractivity (Wildman–Crippen MR) is 161 cm³/mol. The van der Waals surface area contributed by atoms with Crippen LogP contribution in [-0.2, 0) is 9.59 Å². The van der Waals surface area contributed by atoms with E-state index in [-0.39, 0.29) is 32.6 Å². The Morgan fingerprint density at radius 1 is 0.733 bits per heavy atom. The largest absolute Gasteiger partial charge is 0.510 e. The molecule has 7 rings (SSSR count). The monoisotopic (exact) mass is 672 g/mol. The first-order chi connectivity index (χ1) is 21.3. The fourth-order valence-electron chi connectivity index (χ4n) is 5.97. The van der Waals surface area contributed by atoms with Crippen molar-refractivity contribution in [3.8, 4) is 0 Å². The van der Waals surface area contributed by atoms with Crippen LogP contribution in [-0.4, -0.2) is 53.9 Å². The Labute approximate surface area is 265 Å². The van der Waals surface area contributed by atoms with E-state index in [1.807, 2.05) is 6.92 Å². The van der Waals surface area contributed by atoms with E-state index in [0.29, 0.717) is 27.1 Å². The van der Waals surface area contributed by atoms with Crippen LogP contribution in [0.15, 0.2) is 67.0 Å². The van der Waals surface area contributed by atoms with Gasteiger partial charge in [0.25, 0.3) is 24.7 Å². The highest BCUT2D eigenvalue weighted by Crippen LogP contribution is 2.51. The Morgan fingerprint density at radius 2 is 1.18 bits per heavy atom. The first kappa shape index (κ1) is 29.9. The van der Waals surface area contributed by atoms with Crippen LogP contribution in [0.2, 0.25) is 0 Å².